The Balaban J connectivity index is 1.42. The van der Waals surface area contributed by atoms with E-state index in [1.807, 2.05) is 55.4 Å². The van der Waals surface area contributed by atoms with E-state index in [4.69, 9.17) is 14.1 Å². The summed E-state index contributed by atoms with van der Waals surface area (Å²) in [4.78, 5) is 44.8. The third-order valence-electron chi connectivity index (χ3n) is 7.26. The van der Waals surface area contributed by atoms with Gasteiger partial charge in [0.15, 0.2) is 25.1 Å². The minimum Gasteiger partial charge on any atom is -0.456 e. The quantitative estimate of drug-likeness (QED) is 0.0744. The molecule has 1 aromatic carbocycles. The predicted molar refractivity (Wildman–Crippen MR) is 162 cm³/mol. The van der Waals surface area contributed by atoms with Crippen molar-refractivity contribution in [3.05, 3.63) is 80.5 Å². The van der Waals surface area contributed by atoms with Crippen molar-refractivity contribution in [2.45, 2.75) is 56.6 Å². The van der Waals surface area contributed by atoms with Gasteiger partial charge in [0.2, 0.25) is 5.91 Å². The summed E-state index contributed by atoms with van der Waals surface area (Å²) in [6.45, 7) is 10.2. The van der Waals surface area contributed by atoms with Crippen LogP contribution in [0.5, 0.6) is 0 Å². The number of amides is 1. The number of hydrogen-bond acceptors (Lipinski definition) is 9. The highest BCUT2D eigenvalue weighted by Gasteiger charge is 2.61. The van der Waals surface area contributed by atoms with Crippen LogP contribution in [0.2, 0.25) is 19.6 Å². The molecule has 13 heteroatoms. The number of carbonyl (C=O) groups is 2. The number of hydrogen-bond donors (Lipinski definition) is 0. The van der Waals surface area contributed by atoms with Crippen molar-refractivity contribution in [3.8, 4) is 11.3 Å². The molecule has 220 valence electrons. The van der Waals surface area contributed by atoms with Crippen LogP contribution in [0.1, 0.15) is 19.4 Å². The van der Waals surface area contributed by atoms with Crippen LogP contribution in [0.25, 0.3) is 11.3 Å². The van der Waals surface area contributed by atoms with E-state index in [2.05, 4.69) is 19.6 Å². The molecule has 1 fully saturated rings. The Labute approximate surface area is 253 Å². The normalized spacial score (nSPS) is 20.8. The molecule has 42 heavy (non-hydrogen) atoms. The topological polar surface area (TPSA) is 116 Å². The largest absolute Gasteiger partial charge is 0.456 e. The molecule has 0 aliphatic carbocycles. The zero-order valence-electron chi connectivity index (χ0n) is 24.3. The van der Waals surface area contributed by atoms with Gasteiger partial charge in [-0.05, 0) is 50.3 Å². The fourth-order valence-corrected chi connectivity index (χ4v) is 8.82. The SMILES string of the molecule is CC(O[Si](C)(C)C)[C@H]1C(=O)N2C(C(=O)OCc3ccc([N+](=O)[O-])cc3)=C(Sc3nc(-c4ccc[n+](C)c4)cs3)[C@H](C)[C@H]12. The van der Waals surface area contributed by atoms with E-state index in [1.165, 1.54) is 35.2 Å². The van der Waals surface area contributed by atoms with Crippen LogP contribution in [0.15, 0.2) is 69.1 Å². The van der Waals surface area contributed by atoms with E-state index in [1.54, 1.807) is 17.0 Å². The molecule has 0 radical (unpaired) electrons. The van der Waals surface area contributed by atoms with Gasteiger partial charge in [-0.2, -0.15) is 0 Å². The maximum atomic E-state index is 13.6. The number of β-lactam (4-membered cyclic amide) rings is 1. The summed E-state index contributed by atoms with van der Waals surface area (Å²) in [7, 11) is 0.0479. The van der Waals surface area contributed by atoms with Crippen LogP contribution in [0.3, 0.4) is 0 Å². The van der Waals surface area contributed by atoms with Gasteiger partial charge >= 0.3 is 5.97 Å². The van der Waals surface area contributed by atoms with Crippen molar-refractivity contribution in [3.63, 3.8) is 0 Å². The number of benzene rings is 1. The fourth-order valence-electron chi connectivity index (χ4n) is 5.47. The van der Waals surface area contributed by atoms with Gasteiger partial charge in [0, 0.05) is 34.4 Å². The van der Waals surface area contributed by atoms with Gasteiger partial charge < -0.3 is 14.1 Å². The molecule has 2 aromatic heterocycles. The third kappa shape index (κ3) is 6.05. The molecule has 4 heterocycles. The molecule has 1 amide bonds. The molecule has 0 saturated carbocycles. The minimum absolute atomic E-state index is 0.0436. The number of non-ortho nitro benzene ring substituents is 1. The van der Waals surface area contributed by atoms with Gasteiger partial charge in [-0.25, -0.2) is 14.3 Å². The Morgan fingerprint density at radius 2 is 1.98 bits per heavy atom. The van der Waals surface area contributed by atoms with Crippen LogP contribution in [-0.4, -0.2) is 47.1 Å². The second-order valence-electron chi connectivity index (χ2n) is 11.5. The van der Waals surface area contributed by atoms with Crippen molar-refractivity contribution >= 4 is 49.0 Å². The lowest BCUT2D eigenvalue weighted by Gasteiger charge is -2.48. The number of rotatable bonds is 10. The number of aromatic nitrogens is 2. The number of nitrogens with zero attached hydrogens (tertiary/aromatic N) is 4. The van der Waals surface area contributed by atoms with Crippen LogP contribution < -0.4 is 4.57 Å². The Morgan fingerprint density at radius 3 is 2.62 bits per heavy atom. The van der Waals surface area contributed by atoms with Crippen molar-refractivity contribution in [1.29, 1.82) is 0 Å². The Bertz CT molecular complexity index is 1570. The number of carbonyl (C=O) groups excluding carboxylic acids is 2. The highest BCUT2D eigenvalue weighted by molar-refractivity contribution is 8.04. The van der Waals surface area contributed by atoms with Gasteiger partial charge in [-0.15, -0.1) is 11.3 Å². The third-order valence-corrected chi connectivity index (χ3v) is 10.6. The molecule has 0 spiro atoms. The summed E-state index contributed by atoms with van der Waals surface area (Å²) in [5.41, 5.74) is 2.62. The van der Waals surface area contributed by atoms with Crippen molar-refractivity contribution < 1.29 is 28.2 Å². The van der Waals surface area contributed by atoms with E-state index in [0.717, 1.165) is 20.5 Å². The number of esters is 1. The first kappa shape index (κ1) is 30.1. The number of thiazole rings is 1. The molecule has 1 unspecified atom stereocenters. The second-order valence-corrected chi connectivity index (χ2v) is 18.1. The van der Waals surface area contributed by atoms with E-state index in [-0.39, 0.29) is 47.9 Å². The van der Waals surface area contributed by atoms with E-state index < -0.39 is 19.2 Å². The molecule has 2 aliphatic heterocycles. The summed E-state index contributed by atoms with van der Waals surface area (Å²) in [5, 5.41) is 13.0. The Morgan fingerprint density at radius 1 is 1.26 bits per heavy atom. The molecular formula is C29H33N4O6S2Si+. The standard InChI is InChI=1S/C29H33N4O6S2Si/c1-17-24-23(18(2)39-42(4,5)6)27(34)32(24)25(28(35)38-15-19-9-11-21(12-10-19)33(36)37)26(17)41-29-30-22(16-40-29)20-8-7-13-31(3)14-20/h7-14,16-18,23-24H,15H2,1-6H3/q+1/t17-,18?,23-,24-/m1/s1. The van der Waals surface area contributed by atoms with Crippen LogP contribution in [0.4, 0.5) is 5.69 Å². The van der Waals surface area contributed by atoms with Gasteiger partial charge in [0.1, 0.15) is 19.4 Å². The molecule has 1 saturated heterocycles. The average Bonchev–Trinajstić information content (AvgIpc) is 3.48. The highest BCUT2D eigenvalue weighted by atomic mass is 32.2. The van der Waals surface area contributed by atoms with E-state index in [9.17, 15) is 19.7 Å². The number of pyridine rings is 1. The zero-order valence-corrected chi connectivity index (χ0v) is 26.9. The minimum atomic E-state index is -1.91. The number of nitro benzene ring substituents is 1. The first-order valence-corrected chi connectivity index (χ1v) is 18.7. The van der Waals surface area contributed by atoms with Crippen LogP contribution in [-0.2, 0) is 32.4 Å². The molecular weight excluding hydrogens is 593 g/mol. The molecule has 4 atom stereocenters. The Hall–Kier alpha value is -3.39. The molecule has 5 rings (SSSR count). The summed E-state index contributed by atoms with van der Waals surface area (Å²) < 4.78 is 14.7. The van der Waals surface area contributed by atoms with Crippen LogP contribution in [0, 0.1) is 22.0 Å². The summed E-state index contributed by atoms with van der Waals surface area (Å²) in [6.07, 6.45) is 3.67. The first-order chi connectivity index (χ1) is 19.8. The number of fused-ring (bicyclic) bond motifs is 1. The second kappa shape index (κ2) is 11.7. The molecule has 10 nitrogen and oxygen atoms in total. The van der Waals surface area contributed by atoms with E-state index in [0.29, 0.717) is 5.56 Å². The lowest BCUT2D eigenvalue weighted by molar-refractivity contribution is -0.671. The number of nitro groups is 1. The fraction of sp³-hybridized carbons (Fsp3) is 0.379. The zero-order chi connectivity index (χ0) is 30.3. The summed E-state index contributed by atoms with van der Waals surface area (Å²) in [5.74, 6) is -1.25. The number of thioether (sulfide) groups is 1. The van der Waals surface area contributed by atoms with Crippen molar-refractivity contribution in [2.24, 2.45) is 18.9 Å². The average molecular weight is 626 g/mol. The Kier molecular flexibility index (Phi) is 8.38. The monoisotopic (exact) mass is 625 g/mol. The van der Waals surface area contributed by atoms with Crippen LogP contribution >= 0.6 is 23.1 Å². The maximum absolute atomic E-state index is 13.6. The predicted octanol–water partition coefficient (Wildman–Crippen LogP) is 5.31. The summed E-state index contributed by atoms with van der Waals surface area (Å²) >= 11 is 2.88. The molecule has 3 aromatic rings. The van der Waals surface area contributed by atoms with E-state index >= 15 is 0 Å². The molecule has 0 bridgehead atoms. The lowest BCUT2D eigenvalue weighted by atomic mass is 9.79. The van der Waals surface area contributed by atoms with Crippen molar-refractivity contribution in [2.75, 3.05) is 0 Å². The summed E-state index contributed by atoms with van der Waals surface area (Å²) in [6, 6.07) is 9.58. The molecule has 2 aliphatic rings. The maximum Gasteiger partial charge on any atom is 0.356 e. The molecule has 0 N–H and O–H groups in total. The number of ether oxygens (including phenoxy) is 1. The van der Waals surface area contributed by atoms with Gasteiger partial charge in [-0.3, -0.25) is 14.9 Å². The number of aryl methyl sites for hydroxylation is 1. The first-order valence-electron chi connectivity index (χ1n) is 13.6. The van der Waals surface area contributed by atoms with Gasteiger partial charge in [0.05, 0.1) is 34.2 Å². The smallest absolute Gasteiger partial charge is 0.356 e. The highest BCUT2D eigenvalue weighted by Crippen LogP contribution is 2.53. The van der Waals surface area contributed by atoms with Gasteiger partial charge in [0.25, 0.3) is 5.69 Å². The van der Waals surface area contributed by atoms with Crippen molar-refractivity contribution in [1.82, 2.24) is 9.88 Å². The van der Waals surface area contributed by atoms with Gasteiger partial charge in [-0.1, -0.05) is 18.7 Å². The lowest BCUT2D eigenvalue weighted by Crippen LogP contribution is -2.64.